The third-order valence-electron chi connectivity index (χ3n) is 2.55. The molecule has 0 aromatic carbocycles. The minimum absolute atomic E-state index is 0.109. The first-order chi connectivity index (χ1) is 7.99. The van der Waals surface area contributed by atoms with Gasteiger partial charge in [-0.3, -0.25) is 14.5 Å². The van der Waals surface area contributed by atoms with Crippen LogP contribution in [0.15, 0.2) is 12.3 Å². The van der Waals surface area contributed by atoms with Crippen molar-refractivity contribution in [2.24, 2.45) is 0 Å². The molecular weight excluding hydrogens is 244 g/mol. The maximum Gasteiger partial charge on any atom is 0.251 e. The largest absolute Gasteiger partial charge is 0.397 e. The Hall–Kier alpha value is -1.82. The molecule has 1 aliphatic heterocycles. The Morgan fingerprint density at radius 2 is 2.29 bits per heavy atom. The van der Waals surface area contributed by atoms with Crippen LogP contribution in [0.2, 0.25) is 5.02 Å². The van der Waals surface area contributed by atoms with Crippen molar-refractivity contribution in [1.29, 1.82) is 0 Å². The molecule has 0 radical (unpaired) electrons. The number of hydrogen-bond donors (Lipinski definition) is 2. The number of pyridine rings is 1. The van der Waals surface area contributed by atoms with Crippen molar-refractivity contribution in [3.63, 3.8) is 0 Å². The number of likely N-dealkylation sites (tertiary alicyclic amines) is 1. The Morgan fingerprint density at radius 3 is 2.82 bits per heavy atom. The van der Waals surface area contributed by atoms with E-state index in [0.29, 0.717) is 16.5 Å². The summed E-state index contributed by atoms with van der Waals surface area (Å²) in [5.74, 6) is -0.161. The number of nitrogens with two attached hydrogens (primary N) is 1. The molecule has 1 aromatic heterocycles. The summed E-state index contributed by atoms with van der Waals surface area (Å²) < 4.78 is 0. The normalized spacial score (nSPS) is 19.9. The Bertz CT molecular complexity index is 491. The molecule has 17 heavy (non-hydrogen) atoms. The molecule has 1 unspecified atom stereocenters. The van der Waals surface area contributed by atoms with Crippen LogP contribution in [0.25, 0.3) is 0 Å². The third kappa shape index (κ3) is 2.16. The SMILES string of the molecule is CN1C(=O)CC(Nc2ncc(N)cc2Cl)C1=O. The van der Waals surface area contributed by atoms with Gasteiger partial charge in [-0.2, -0.15) is 0 Å². The smallest absolute Gasteiger partial charge is 0.251 e. The molecule has 0 spiro atoms. The molecule has 2 rings (SSSR count). The lowest BCUT2D eigenvalue weighted by Gasteiger charge is -2.12. The van der Waals surface area contributed by atoms with Crippen molar-refractivity contribution < 1.29 is 9.59 Å². The topological polar surface area (TPSA) is 88.3 Å². The summed E-state index contributed by atoms with van der Waals surface area (Å²) in [6.07, 6.45) is 1.54. The second kappa shape index (κ2) is 4.21. The molecule has 1 fully saturated rings. The van der Waals surface area contributed by atoms with Gasteiger partial charge in [0.05, 0.1) is 23.3 Å². The van der Waals surface area contributed by atoms with Crippen LogP contribution in [0.3, 0.4) is 0 Å². The Morgan fingerprint density at radius 1 is 1.59 bits per heavy atom. The van der Waals surface area contributed by atoms with E-state index in [9.17, 15) is 9.59 Å². The van der Waals surface area contributed by atoms with Crippen molar-refractivity contribution in [2.75, 3.05) is 18.1 Å². The molecule has 0 bridgehead atoms. The molecule has 0 saturated carbocycles. The monoisotopic (exact) mass is 254 g/mol. The number of nitrogens with zero attached hydrogens (tertiary/aromatic N) is 2. The zero-order valence-corrected chi connectivity index (χ0v) is 9.86. The number of anilines is 2. The second-order valence-corrected chi connectivity index (χ2v) is 4.20. The number of amides is 2. The highest BCUT2D eigenvalue weighted by atomic mass is 35.5. The van der Waals surface area contributed by atoms with Gasteiger partial charge in [0.2, 0.25) is 5.91 Å². The van der Waals surface area contributed by atoms with Crippen LogP contribution >= 0.6 is 11.6 Å². The molecule has 1 atom stereocenters. The fourth-order valence-corrected chi connectivity index (χ4v) is 1.82. The van der Waals surface area contributed by atoms with Crippen LogP contribution in [0.4, 0.5) is 11.5 Å². The van der Waals surface area contributed by atoms with E-state index in [1.807, 2.05) is 0 Å². The lowest BCUT2D eigenvalue weighted by molar-refractivity contribution is -0.136. The van der Waals surface area contributed by atoms with Gasteiger partial charge in [0, 0.05) is 7.05 Å². The highest BCUT2D eigenvalue weighted by Crippen LogP contribution is 2.24. The lowest BCUT2D eigenvalue weighted by atomic mass is 10.2. The summed E-state index contributed by atoms with van der Waals surface area (Å²) in [7, 11) is 1.45. The summed E-state index contributed by atoms with van der Waals surface area (Å²) in [5, 5.41) is 3.16. The zero-order chi connectivity index (χ0) is 12.6. The lowest BCUT2D eigenvalue weighted by Crippen LogP contribution is -2.32. The number of aromatic nitrogens is 1. The average Bonchev–Trinajstić information content (AvgIpc) is 2.50. The number of nitrogens with one attached hydrogen (secondary N) is 1. The van der Waals surface area contributed by atoms with Crippen LogP contribution in [-0.4, -0.2) is 34.8 Å². The second-order valence-electron chi connectivity index (χ2n) is 3.79. The number of carbonyl (C=O) groups excluding carboxylic acids is 2. The van der Waals surface area contributed by atoms with Gasteiger partial charge in [-0.05, 0) is 6.07 Å². The van der Waals surface area contributed by atoms with E-state index in [1.165, 1.54) is 19.3 Å². The van der Waals surface area contributed by atoms with E-state index in [0.717, 1.165) is 4.90 Å². The predicted molar refractivity (Wildman–Crippen MR) is 63.5 cm³/mol. The molecule has 0 aliphatic carbocycles. The molecule has 6 nitrogen and oxygen atoms in total. The summed E-state index contributed by atoms with van der Waals surface area (Å²) in [5.41, 5.74) is 5.94. The van der Waals surface area contributed by atoms with Crippen molar-refractivity contribution in [1.82, 2.24) is 9.88 Å². The van der Waals surface area contributed by atoms with E-state index in [1.54, 1.807) is 0 Å². The van der Waals surface area contributed by atoms with Gasteiger partial charge in [-0.15, -0.1) is 0 Å². The van der Waals surface area contributed by atoms with Crippen molar-refractivity contribution in [2.45, 2.75) is 12.5 Å². The molecule has 7 heteroatoms. The number of hydrogen-bond acceptors (Lipinski definition) is 5. The molecular formula is C10H11ClN4O2. The van der Waals surface area contributed by atoms with Crippen molar-refractivity contribution in [3.05, 3.63) is 17.3 Å². The van der Waals surface area contributed by atoms with Crippen molar-refractivity contribution >= 4 is 34.9 Å². The van der Waals surface area contributed by atoms with Gasteiger partial charge >= 0.3 is 0 Å². The zero-order valence-electron chi connectivity index (χ0n) is 9.11. The van der Waals surface area contributed by atoms with E-state index in [2.05, 4.69) is 10.3 Å². The van der Waals surface area contributed by atoms with Gasteiger partial charge in [0.1, 0.15) is 11.9 Å². The highest BCUT2D eigenvalue weighted by Gasteiger charge is 2.36. The number of halogens is 1. The summed E-state index contributed by atoms with van der Waals surface area (Å²) in [6.45, 7) is 0. The van der Waals surface area contributed by atoms with Crippen LogP contribution in [0.1, 0.15) is 6.42 Å². The Balaban J connectivity index is 2.17. The summed E-state index contributed by atoms with van der Waals surface area (Å²) >= 11 is 5.91. The van der Waals surface area contributed by atoms with E-state index in [4.69, 9.17) is 17.3 Å². The number of nitrogen functional groups attached to an aromatic ring is 1. The fraction of sp³-hybridized carbons (Fsp3) is 0.300. The minimum atomic E-state index is -0.610. The van der Waals surface area contributed by atoms with Gasteiger partial charge in [0.15, 0.2) is 0 Å². The standard InChI is InChI=1S/C10H11ClN4O2/c1-15-8(16)3-7(10(15)17)14-9-6(11)2-5(12)4-13-9/h2,4,7H,3,12H2,1H3,(H,13,14). The molecule has 2 amide bonds. The summed E-state index contributed by atoms with van der Waals surface area (Å²) in [4.78, 5) is 28.0. The molecule has 2 heterocycles. The van der Waals surface area contributed by atoms with Gasteiger partial charge in [0.25, 0.3) is 5.91 Å². The predicted octanol–water partition coefficient (Wildman–Crippen LogP) is 0.486. The maximum absolute atomic E-state index is 11.6. The number of carbonyl (C=O) groups is 2. The molecule has 1 aliphatic rings. The summed E-state index contributed by atoms with van der Waals surface area (Å²) in [6, 6.07) is 0.920. The molecule has 90 valence electrons. The highest BCUT2D eigenvalue weighted by molar-refractivity contribution is 6.33. The van der Waals surface area contributed by atoms with E-state index >= 15 is 0 Å². The quantitative estimate of drug-likeness (QED) is 0.750. The third-order valence-corrected chi connectivity index (χ3v) is 2.84. The first kappa shape index (κ1) is 11.7. The van der Waals surface area contributed by atoms with Gasteiger partial charge in [-0.1, -0.05) is 11.6 Å². The first-order valence-electron chi connectivity index (χ1n) is 4.97. The number of likely N-dealkylation sites (N-methyl/N-ethyl adjacent to an activating group) is 1. The average molecular weight is 255 g/mol. The van der Waals surface area contributed by atoms with Crippen LogP contribution in [0, 0.1) is 0 Å². The first-order valence-corrected chi connectivity index (χ1v) is 5.35. The van der Waals surface area contributed by atoms with Gasteiger partial charge in [-0.25, -0.2) is 4.98 Å². The van der Waals surface area contributed by atoms with E-state index in [-0.39, 0.29) is 18.2 Å². The number of rotatable bonds is 2. The van der Waals surface area contributed by atoms with Crippen LogP contribution in [0.5, 0.6) is 0 Å². The Labute approximate surface area is 103 Å². The molecule has 1 saturated heterocycles. The molecule has 3 N–H and O–H groups in total. The van der Waals surface area contributed by atoms with Crippen LogP contribution in [-0.2, 0) is 9.59 Å². The van der Waals surface area contributed by atoms with E-state index < -0.39 is 6.04 Å². The van der Waals surface area contributed by atoms with Crippen LogP contribution < -0.4 is 11.1 Å². The number of imide groups is 1. The van der Waals surface area contributed by atoms with Gasteiger partial charge < -0.3 is 11.1 Å². The Kier molecular flexibility index (Phi) is 2.89. The fourth-order valence-electron chi connectivity index (χ4n) is 1.59. The van der Waals surface area contributed by atoms with Crippen molar-refractivity contribution in [3.8, 4) is 0 Å². The molecule has 1 aromatic rings. The maximum atomic E-state index is 11.6. The minimum Gasteiger partial charge on any atom is -0.397 e.